The molecular weight excluding hydrogens is 464 g/mol. The SMILES string of the molecule is CCOc1ccc(Oc2cc(NC(=O)CSc3cc(C(C)(C)C)ccc3C)cc([N+](=O)[O-])c2)cc1. The summed E-state index contributed by atoms with van der Waals surface area (Å²) in [5, 5.41) is 14.2. The van der Waals surface area contributed by atoms with E-state index in [0.29, 0.717) is 23.8 Å². The predicted molar refractivity (Wildman–Crippen MR) is 140 cm³/mol. The Balaban J connectivity index is 1.72. The molecular formula is C27H30N2O5S. The molecule has 0 aromatic heterocycles. The van der Waals surface area contributed by atoms with Gasteiger partial charge in [0.05, 0.1) is 29.0 Å². The fourth-order valence-electron chi connectivity index (χ4n) is 3.29. The molecule has 8 heteroatoms. The van der Waals surface area contributed by atoms with Gasteiger partial charge in [-0.25, -0.2) is 0 Å². The van der Waals surface area contributed by atoms with Gasteiger partial charge in [0.15, 0.2) is 0 Å². The number of anilines is 1. The summed E-state index contributed by atoms with van der Waals surface area (Å²) in [6.07, 6.45) is 0. The van der Waals surface area contributed by atoms with Crippen molar-refractivity contribution in [2.45, 2.75) is 44.9 Å². The number of nitrogens with one attached hydrogen (secondary N) is 1. The van der Waals surface area contributed by atoms with E-state index in [-0.39, 0.29) is 28.5 Å². The smallest absolute Gasteiger partial charge is 0.275 e. The van der Waals surface area contributed by atoms with E-state index in [0.717, 1.165) is 10.5 Å². The number of nitro groups is 1. The number of carbonyl (C=O) groups excluding carboxylic acids is 1. The molecule has 0 saturated heterocycles. The lowest BCUT2D eigenvalue weighted by atomic mass is 9.87. The van der Waals surface area contributed by atoms with Gasteiger partial charge in [-0.15, -0.1) is 11.8 Å². The second kappa shape index (κ2) is 11.3. The van der Waals surface area contributed by atoms with Gasteiger partial charge in [-0.2, -0.15) is 0 Å². The van der Waals surface area contributed by atoms with E-state index in [1.54, 1.807) is 30.3 Å². The Morgan fingerprint density at radius 2 is 1.69 bits per heavy atom. The highest BCUT2D eigenvalue weighted by Gasteiger charge is 2.17. The fraction of sp³-hybridized carbons (Fsp3) is 0.296. The Hall–Kier alpha value is -3.52. The van der Waals surface area contributed by atoms with Crippen molar-refractivity contribution >= 4 is 29.0 Å². The van der Waals surface area contributed by atoms with Crippen molar-refractivity contribution in [3.8, 4) is 17.2 Å². The number of nitrogens with zero attached hydrogens (tertiary/aromatic N) is 1. The molecule has 0 heterocycles. The third-order valence-electron chi connectivity index (χ3n) is 5.17. The molecule has 0 aliphatic heterocycles. The lowest BCUT2D eigenvalue weighted by Gasteiger charge is -2.20. The minimum Gasteiger partial charge on any atom is -0.494 e. The van der Waals surface area contributed by atoms with Gasteiger partial charge in [-0.05, 0) is 60.7 Å². The second-order valence-electron chi connectivity index (χ2n) is 9.05. The van der Waals surface area contributed by atoms with Gasteiger partial charge in [-0.3, -0.25) is 14.9 Å². The summed E-state index contributed by atoms with van der Waals surface area (Å²) in [7, 11) is 0. The molecule has 3 aromatic rings. The molecule has 0 bridgehead atoms. The maximum absolute atomic E-state index is 12.7. The molecule has 0 atom stereocenters. The van der Waals surface area contributed by atoms with Gasteiger partial charge in [0, 0.05) is 17.0 Å². The molecule has 1 amide bonds. The number of nitro benzene ring substituents is 1. The first-order valence-corrected chi connectivity index (χ1v) is 12.3. The quantitative estimate of drug-likeness (QED) is 0.193. The molecule has 0 aliphatic rings. The Kier molecular flexibility index (Phi) is 8.40. The van der Waals surface area contributed by atoms with Crippen molar-refractivity contribution in [3.05, 3.63) is 81.9 Å². The number of ether oxygens (including phenoxy) is 2. The molecule has 3 rings (SSSR count). The average Bonchev–Trinajstić information content (AvgIpc) is 2.79. The van der Waals surface area contributed by atoms with E-state index in [2.05, 4.69) is 44.3 Å². The van der Waals surface area contributed by atoms with E-state index in [1.807, 2.05) is 13.8 Å². The number of non-ortho nitro benzene ring substituents is 1. The largest absolute Gasteiger partial charge is 0.494 e. The molecule has 0 aliphatic carbocycles. The highest BCUT2D eigenvalue weighted by molar-refractivity contribution is 8.00. The molecule has 0 saturated carbocycles. The fourth-order valence-corrected chi connectivity index (χ4v) is 4.15. The third kappa shape index (κ3) is 7.48. The van der Waals surface area contributed by atoms with Crippen molar-refractivity contribution in [2.24, 2.45) is 0 Å². The maximum Gasteiger partial charge on any atom is 0.275 e. The summed E-state index contributed by atoms with van der Waals surface area (Å²) >= 11 is 1.44. The lowest BCUT2D eigenvalue weighted by molar-refractivity contribution is -0.384. The van der Waals surface area contributed by atoms with Gasteiger partial charge >= 0.3 is 0 Å². The number of hydrogen-bond acceptors (Lipinski definition) is 6. The van der Waals surface area contributed by atoms with Crippen molar-refractivity contribution < 1.29 is 19.2 Å². The Morgan fingerprint density at radius 3 is 2.31 bits per heavy atom. The first-order valence-electron chi connectivity index (χ1n) is 11.3. The Morgan fingerprint density at radius 1 is 1.00 bits per heavy atom. The van der Waals surface area contributed by atoms with E-state index in [4.69, 9.17) is 9.47 Å². The summed E-state index contributed by atoms with van der Waals surface area (Å²) in [6.45, 7) is 10.9. The highest BCUT2D eigenvalue weighted by Crippen LogP contribution is 2.32. The Bertz CT molecular complexity index is 1200. The molecule has 7 nitrogen and oxygen atoms in total. The number of hydrogen-bond donors (Lipinski definition) is 1. The second-order valence-corrected chi connectivity index (χ2v) is 10.1. The Labute approximate surface area is 210 Å². The standard InChI is InChI=1S/C27H30N2O5S/c1-6-33-22-9-11-23(12-10-22)34-24-15-20(14-21(16-24)29(31)32)28-26(30)17-35-25-13-19(27(3,4)5)8-7-18(25)2/h7-16H,6,17H2,1-5H3,(H,28,30). The van der Waals surface area contributed by atoms with E-state index < -0.39 is 4.92 Å². The normalized spacial score (nSPS) is 11.1. The van der Waals surface area contributed by atoms with Crippen LogP contribution in [0.25, 0.3) is 0 Å². The third-order valence-corrected chi connectivity index (χ3v) is 6.33. The van der Waals surface area contributed by atoms with Crippen LogP contribution < -0.4 is 14.8 Å². The first kappa shape index (κ1) is 26.1. The van der Waals surface area contributed by atoms with Crippen LogP contribution in [-0.4, -0.2) is 23.2 Å². The van der Waals surface area contributed by atoms with Crippen LogP contribution in [0.2, 0.25) is 0 Å². The zero-order valence-corrected chi connectivity index (χ0v) is 21.4. The minimum atomic E-state index is -0.517. The van der Waals surface area contributed by atoms with Crippen LogP contribution in [0, 0.1) is 17.0 Å². The van der Waals surface area contributed by atoms with E-state index >= 15 is 0 Å². The van der Waals surface area contributed by atoms with Crippen LogP contribution in [0.3, 0.4) is 0 Å². The van der Waals surface area contributed by atoms with Crippen molar-refractivity contribution in [2.75, 3.05) is 17.7 Å². The summed E-state index contributed by atoms with van der Waals surface area (Å²) in [5.41, 5.74) is 2.42. The molecule has 0 radical (unpaired) electrons. The van der Waals surface area contributed by atoms with Crippen LogP contribution in [0.5, 0.6) is 17.2 Å². The van der Waals surface area contributed by atoms with Gasteiger partial charge in [-0.1, -0.05) is 32.9 Å². The number of thioether (sulfide) groups is 1. The summed E-state index contributed by atoms with van der Waals surface area (Å²) < 4.78 is 11.2. The number of benzene rings is 3. The van der Waals surface area contributed by atoms with Crippen molar-refractivity contribution in [1.29, 1.82) is 0 Å². The summed E-state index contributed by atoms with van der Waals surface area (Å²) in [6, 6.07) is 17.4. The highest BCUT2D eigenvalue weighted by atomic mass is 32.2. The molecule has 0 spiro atoms. The van der Waals surface area contributed by atoms with Crippen LogP contribution in [0.4, 0.5) is 11.4 Å². The molecule has 1 N–H and O–H groups in total. The van der Waals surface area contributed by atoms with Crippen LogP contribution in [0.15, 0.2) is 65.6 Å². The van der Waals surface area contributed by atoms with E-state index in [1.165, 1.54) is 29.5 Å². The lowest BCUT2D eigenvalue weighted by Crippen LogP contribution is -2.15. The van der Waals surface area contributed by atoms with Gasteiger partial charge in [0.1, 0.15) is 17.2 Å². The molecule has 0 unspecified atom stereocenters. The predicted octanol–water partition coefficient (Wildman–Crippen LogP) is 7.12. The summed E-state index contributed by atoms with van der Waals surface area (Å²) in [4.78, 5) is 24.6. The number of aryl methyl sites for hydroxylation is 1. The number of carbonyl (C=O) groups is 1. The zero-order valence-electron chi connectivity index (χ0n) is 20.6. The van der Waals surface area contributed by atoms with Crippen LogP contribution >= 0.6 is 11.8 Å². The number of rotatable bonds is 9. The van der Waals surface area contributed by atoms with E-state index in [9.17, 15) is 14.9 Å². The van der Waals surface area contributed by atoms with Crippen molar-refractivity contribution in [1.82, 2.24) is 0 Å². The minimum absolute atomic E-state index is 0.00793. The molecule has 3 aromatic carbocycles. The molecule has 35 heavy (non-hydrogen) atoms. The number of amides is 1. The van der Waals surface area contributed by atoms with Crippen LogP contribution in [-0.2, 0) is 10.2 Å². The van der Waals surface area contributed by atoms with Crippen molar-refractivity contribution in [3.63, 3.8) is 0 Å². The first-order chi connectivity index (χ1) is 16.5. The average molecular weight is 495 g/mol. The van der Waals surface area contributed by atoms with Crippen LogP contribution in [0.1, 0.15) is 38.8 Å². The molecule has 184 valence electrons. The monoisotopic (exact) mass is 494 g/mol. The maximum atomic E-state index is 12.7. The summed E-state index contributed by atoms with van der Waals surface area (Å²) in [5.74, 6) is 1.36. The topological polar surface area (TPSA) is 90.7 Å². The van der Waals surface area contributed by atoms with Gasteiger partial charge in [0.25, 0.3) is 5.69 Å². The zero-order chi connectivity index (χ0) is 25.6. The molecule has 0 fully saturated rings. The van der Waals surface area contributed by atoms with Gasteiger partial charge in [0.2, 0.25) is 5.91 Å². The van der Waals surface area contributed by atoms with Gasteiger partial charge < -0.3 is 14.8 Å².